The second-order valence-corrected chi connectivity index (χ2v) is 12.0. The van der Waals surface area contributed by atoms with Crippen molar-refractivity contribution >= 4 is 53.3 Å². The predicted octanol–water partition coefficient (Wildman–Crippen LogP) is 10.3. The van der Waals surface area contributed by atoms with Gasteiger partial charge in [0.05, 0.1) is 11.0 Å². The lowest BCUT2D eigenvalue weighted by Crippen LogP contribution is -2.06. The van der Waals surface area contributed by atoms with Gasteiger partial charge in [0.2, 0.25) is 5.95 Å². The summed E-state index contributed by atoms with van der Waals surface area (Å²) >= 11 is 1.81. The minimum absolute atomic E-state index is 0.598. The van der Waals surface area contributed by atoms with Crippen molar-refractivity contribution in [1.29, 1.82) is 0 Å². The Balaban J connectivity index is 1.33. The summed E-state index contributed by atoms with van der Waals surface area (Å²) in [6.45, 7) is 0. The molecule has 0 amide bonds. The average molecular weight is 581 g/mol. The SMILES string of the molecule is c1ccc(-c2ccc3c4ccccc4n(-c4nc(-c5ccccc5)nc(-c5ccc6sc7ccccc7c6c5)n4)c3c2)cc1. The summed E-state index contributed by atoms with van der Waals surface area (Å²) in [6.07, 6.45) is 0. The summed E-state index contributed by atoms with van der Waals surface area (Å²) in [4.78, 5) is 15.4. The van der Waals surface area contributed by atoms with Crippen molar-refractivity contribution in [2.24, 2.45) is 0 Å². The minimum atomic E-state index is 0.598. The summed E-state index contributed by atoms with van der Waals surface area (Å²) in [6, 6.07) is 50.9. The lowest BCUT2D eigenvalue weighted by molar-refractivity contribution is 0.954. The van der Waals surface area contributed by atoms with Gasteiger partial charge in [-0.1, -0.05) is 109 Å². The van der Waals surface area contributed by atoms with E-state index >= 15 is 0 Å². The Kier molecular flexibility index (Phi) is 5.64. The van der Waals surface area contributed by atoms with Gasteiger partial charge in [0.25, 0.3) is 0 Å². The van der Waals surface area contributed by atoms with Gasteiger partial charge in [-0.3, -0.25) is 4.57 Å². The molecule has 0 bridgehead atoms. The Bertz CT molecular complexity index is 2490. The van der Waals surface area contributed by atoms with Crippen LogP contribution in [0.15, 0.2) is 146 Å². The highest BCUT2D eigenvalue weighted by Crippen LogP contribution is 2.37. The van der Waals surface area contributed by atoms with Gasteiger partial charge in [0.1, 0.15) is 0 Å². The fourth-order valence-electron chi connectivity index (χ4n) is 6.17. The van der Waals surface area contributed by atoms with Gasteiger partial charge in [-0.25, -0.2) is 4.98 Å². The van der Waals surface area contributed by atoms with Crippen molar-refractivity contribution in [2.45, 2.75) is 0 Å². The molecule has 0 aliphatic rings. The van der Waals surface area contributed by atoms with Gasteiger partial charge in [-0.2, -0.15) is 9.97 Å². The van der Waals surface area contributed by atoms with E-state index in [9.17, 15) is 0 Å². The molecule has 3 aromatic heterocycles. The molecule has 9 rings (SSSR count). The molecule has 0 radical (unpaired) electrons. The molecule has 5 heteroatoms. The lowest BCUT2D eigenvalue weighted by atomic mass is 10.0. The molecule has 44 heavy (non-hydrogen) atoms. The molecule has 0 saturated heterocycles. The Morgan fingerprint density at radius 3 is 1.82 bits per heavy atom. The van der Waals surface area contributed by atoms with Crippen LogP contribution in [-0.4, -0.2) is 19.5 Å². The first-order valence-electron chi connectivity index (χ1n) is 14.6. The number of rotatable bonds is 4. The second kappa shape index (κ2) is 9.97. The van der Waals surface area contributed by atoms with Crippen molar-refractivity contribution in [3.8, 4) is 39.9 Å². The normalized spacial score (nSPS) is 11.6. The zero-order valence-corrected chi connectivity index (χ0v) is 24.4. The van der Waals surface area contributed by atoms with E-state index in [0.717, 1.165) is 38.5 Å². The Morgan fingerprint density at radius 1 is 0.386 bits per heavy atom. The van der Waals surface area contributed by atoms with Crippen molar-refractivity contribution in [3.05, 3.63) is 146 Å². The number of para-hydroxylation sites is 1. The van der Waals surface area contributed by atoms with Crippen LogP contribution >= 0.6 is 11.3 Å². The fraction of sp³-hybridized carbons (Fsp3) is 0. The van der Waals surface area contributed by atoms with E-state index in [4.69, 9.17) is 15.0 Å². The molecule has 0 atom stereocenters. The van der Waals surface area contributed by atoms with Crippen LogP contribution in [0.2, 0.25) is 0 Å². The van der Waals surface area contributed by atoms with Crippen LogP contribution in [0.3, 0.4) is 0 Å². The average Bonchev–Trinajstić information content (AvgIpc) is 3.64. The van der Waals surface area contributed by atoms with Crippen LogP contribution in [0.25, 0.3) is 81.8 Å². The Morgan fingerprint density at radius 2 is 1.00 bits per heavy atom. The predicted molar refractivity (Wildman–Crippen MR) is 183 cm³/mol. The first-order chi connectivity index (χ1) is 21.8. The van der Waals surface area contributed by atoms with Crippen LogP contribution in [0, 0.1) is 0 Å². The highest BCUT2D eigenvalue weighted by molar-refractivity contribution is 7.25. The van der Waals surface area contributed by atoms with Crippen molar-refractivity contribution in [2.75, 3.05) is 0 Å². The summed E-state index contributed by atoms with van der Waals surface area (Å²) in [5.41, 5.74) is 6.35. The van der Waals surface area contributed by atoms with Crippen molar-refractivity contribution < 1.29 is 0 Å². The van der Waals surface area contributed by atoms with Crippen LogP contribution in [0.4, 0.5) is 0 Å². The molecule has 0 aliphatic carbocycles. The largest absolute Gasteiger partial charge is 0.278 e. The first-order valence-corrected chi connectivity index (χ1v) is 15.4. The summed E-state index contributed by atoms with van der Waals surface area (Å²) in [7, 11) is 0. The number of benzene rings is 6. The number of hydrogen-bond acceptors (Lipinski definition) is 4. The van der Waals surface area contributed by atoms with E-state index < -0.39 is 0 Å². The second-order valence-electron chi connectivity index (χ2n) is 10.9. The van der Waals surface area contributed by atoms with Gasteiger partial charge in [0, 0.05) is 42.1 Å². The number of fused-ring (bicyclic) bond motifs is 6. The third kappa shape index (κ3) is 4.02. The first kappa shape index (κ1) is 24.9. The van der Waals surface area contributed by atoms with Crippen LogP contribution in [-0.2, 0) is 0 Å². The summed E-state index contributed by atoms with van der Waals surface area (Å²) < 4.78 is 4.72. The Hall–Kier alpha value is -5.65. The molecule has 0 unspecified atom stereocenters. The molecule has 3 heterocycles. The molecule has 0 N–H and O–H groups in total. The third-order valence-corrected chi connectivity index (χ3v) is 9.42. The Labute approximate surface area is 257 Å². The lowest BCUT2D eigenvalue weighted by Gasteiger charge is -2.11. The standard InChI is InChI=1S/C39H24N4S/c1-3-11-25(12-4-1)27-19-21-30-29-15-7-9-17-33(29)43(34(30)24-27)39-41-37(26-13-5-2-6-14-26)40-38(42-39)28-20-22-36-32(23-28)31-16-8-10-18-35(31)44-36/h1-24H. The van der Waals surface area contributed by atoms with Gasteiger partial charge < -0.3 is 0 Å². The van der Waals surface area contributed by atoms with Crippen LogP contribution < -0.4 is 0 Å². The van der Waals surface area contributed by atoms with Crippen LogP contribution in [0.5, 0.6) is 0 Å². The molecule has 6 aromatic carbocycles. The molecule has 206 valence electrons. The molecule has 0 aliphatic heterocycles. The van der Waals surface area contributed by atoms with E-state index in [1.807, 2.05) is 35.6 Å². The molecule has 9 aromatic rings. The zero-order valence-electron chi connectivity index (χ0n) is 23.6. The maximum absolute atomic E-state index is 5.19. The smallest absolute Gasteiger partial charge is 0.238 e. The molecule has 0 saturated carbocycles. The molecule has 4 nitrogen and oxygen atoms in total. The maximum Gasteiger partial charge on any atom is 0.238 e. The van der Waals surface area contributed by atoms with Gasteiger partial charge >= 0.3 is 0 Å². The monoisotopic (exact) mass is 580 g/mol. The number of aromatic nitrogens is 4. The van der Waals surface area contributed by atoms with Gasteiger partial charge in [0.15, 0.2) is 11.6 Å². The van der Waals surface area contributed by atoms with Crippen LogP contribution in [0.1, 0.15) is 0 Å². The van der Waals surface area contributed by atoms with E-state index in [1.165, 1.54) is 25.7 Å². The highest BCUT2D eigenvalue weighted by atomic mass is 32.1. The van der Waals surface area contributed by atoms with E-state index in [2.05, 4.69) is 126 Å². The fourth-order valence-corrected chi connectivity index (χ4v) is 7.26. The maximum atomic E-state index is 5.19. The summed E-state index contributed by atoms with van der Waals surface area (Å²) in [5, 5.41) is 4.80. The zero-order chi connectivity index (χ0) is 29.0. The topological polar surface area (TPSA) is 43.6 Å². The number of thiophene rings is 1. The van der Waals surface area contributed by atoms with E-state index in [1.54, 1.807) is 0 Å². The van der Waals surface area contributed by atoms with Crippen molar-refractivity contribution in [1.82, 2.24) is 19.5 Å². The number of nitrogens with zero attached hydrogens (tertiary/aromatic N) is 4. The number of hydrogen-bond donors (Lipinski definition) is 0. The minimum Gasteiger partial charge on any atom is -0.278 e. The molecule has 0 fully saturated rings. The van der Waals surface area contributed by atoms with E-state index in [-0.39, 0.29) is 0 Å². The van der Waals surface area contributed by atoms with Gasteiger partial charge in [-0.15, -0.1) is 11.3 Å². The van der Waals surface area contributed by atoms with Crippen molar-refractivity contribution in [3.63, 3.8) is 0 Å². The molecule has 0 spiro atoms. The quantitative estimate of drug-likeness (QED) is 0.208. The van der Waals surface area contributed by atoms with E-state index in [0.29, 0.717) is 17.6 Å². The highest BCUT2D eigenvalue weighted by Gasteiger charge is 2.19. The third-order valence-electron chi connectivity index (χ3n) is 8.27. The van der Waals surface area contributed by atoms with Gasteiger partial charge in [-0.05, 0) is 47.5 Å². The molecular formula is C39H24N4S. The molecular weight excluding hydrogens is 557 g/mol. The summed E-state index contributed by atoms with van der Waals surface area (Å²) in [5.74, 6) is 1.89.